The van der Waals surface area contributed by atoms with E-state index in [0.717, 1.165) is 63.4 Å². The van der Waals surface area contributed by atoms with Crippen molar-refractivity contribution in [2.75, 3.05) is 27.0 Å². The maximum absolute atomic E-state index is 12.1. The third-order valence-corrected chi connectivity index (χ3v) is 10.0. The van der Waals surface area contributed by atoms with E-state index in [-0.39, 0.29) is 0 Å². The number of hydrogen-bond acceptors (Lipinski definition) is 7. The number of ether oxygens (including phenoxy) is 2. The van der Waals surface area contributed by atoms with Gasteiger partial charge in [-0.25, -0.2) is 13.1 Å². The Bertz CT molecular complexity index is 1880. The number of thiophene rings is 1. The van der Waals surface area contributed by atoms with Gasteiger partial charge in [0.15, 0.2) is 21.3 Å². The van der Waals surface area contributed by atoms with E-state index in [4.69, 9.17) is 26.2 Å². The van der Waals surface area contributed by atoms with E-state index in [9.17, 15) is 8.42 Å². The first-order chi connectivity index (χ1) is 20.2. The van der Waals surface area contributed by atoms with Crippen molar-refractivity contribution in [3.8, 4) is 38.2 Å². The highest BCUT2D eigenvalue weighted by Crippen LogP contribution is 2.38. The molecule has 0 saturated carbocycles. The summed E-state index contributed by atoms with van der Waals surface area (Å²) in [6, 6.07) is 25.1. The monoisotopic (exact) mass is 619 g/mol. The van der Waals surface area contributed by atoms with Crippen LogP contribution in [0.3, 0.4) is 0 Å². The van der Waals surface area contributed by atoms with Crippen molar-refractivity contribution in [2.45, 2.75) is 24.4 Å². The topological polar surface area (TPSA) is 73.7 Å². The number of sulfone groups is 1. The van der Waals surface area contributed by atoms with E-state index in [0.29, 0.717) is 16.5 Å². The molecule has 0 bridgehead atoms. The number of nitrogens with zero attached hydrogens (tertiary/aromatic N) is 3. The molecule has 0 unspecified atom stereocenters. The fourth-order valence-electron chi connectivity index (χ4n) is 5.31. The number of methoxy groups -OCH3 is 2. The summed E-state index contributed by atoms with van der Waals surface area (Å²) in [6.45, 7) is 2.35. The summed E-state index contributed by atoms with van der Waals surface area (Å²) >= 11 is 8.24. The fraction of sp³-hybridized carbons (Fsp3) is 0.219. The van der Waals surface area contributed by atoms with Crippen LogP contribution in [0.15, 0.2) is 83.8 Å². The van der Waals surface area contributed by atoms with E-state index in [1.54, 1.807) is 43.8 Å². The summed E-state index contributed by atoms with van der Waals surface area (Å²) in [6.07, 6.45) is 2.14. The molecule has 5 aromatic rings. The van der Waals surface area contributed by atoms with Crippen LogP contribution in [0.5, 0.6) is 11.5 Å². The molecule has 1 aliphatic rings. The molecule has 0 amide bonds. The second kappa shape index (κ2) is 11.6. The lowest BCUT2D eigenvalue weighted by molar-refractivity contribution is 0.241. The minimum Gasteiger partial charge on any atom is -0.493 e. The van der Waals surface area contributed by atoms with E-state index in [2.05, 4.69) is 29.2 Å². The van der Waals surface area contributed by atoms with Gasteiger partial charge in [-0.3, -0.25) is 4.90 Å². The van der Waals surface area contributed by atoms with Gasteiger partial charge in [-0.2, -0.15) is 5.10 Å². The van der Waals surface area contributed by atoms with Gasteiger partial charge in [0.1, 0.15) is 0 Å². The molecule has 1 aliphatic heterocycles. The minimum atomic E-state index is -3.31. The molecular weight excluding hydrogens is 590 g/mol. The molecule has 42 heavy (non-hydrogen) atoms. The van der Waals surface area contributed by atoms with Crippen molar-refractivity contribution in [1.82, 2.24) is 14.7 Å². The van der Waals surface area contributed by atoms with Gasteiger partial charge in [0.2, 0.25) is 0 Å². The molecule has 10 heteroatoms. The molecule has 216 valence electrons. The van der Waals surface area contributed by atoms with Gasteiger partial charge in [0.05, 0.1) is 46.1 Å². The fourth-order valence-corrected chi connectivity index (χ4v) is 7.19. The highest BCUT2D eigenvalue weighted by molar-refractivity contribution is 7.90. The van der Waals surface area contributed by atoms with Gasteiger partial charge in [-0.05, 0) is 77.7 Å². The smallest absolute Gasteiger partial charge is 0.175 e. The minimum absolute atomic E-state index is 0.303. The zero-order valence-electron chi connectivity index (χ0n) is 23.5. The first kappa shape index (κ1) is 28.5. The Kier molecular flexibility index (Phi) is 7.85. The summed E-state index contributed by atoms with van der Waals surface area (Å²) < 4.78 is 37.2. The second-order valence-corrected chi connectivity index (χ2v) is 13.8. The van der Waals surface area contributed by atoms with E-state index in [1.807, 2.05) is 41.1 Å². The average molecular weight is 620 g/mol. The van der Waals surface area contributed by atoms with Gasteiger partial charge in [0, 0.05) is 30.8 Å². The van der Waals surface area contributed by atoms with E-state index in [1.165, 1.54) is 17.4 Å². The Morgan fingerprint density at radius 1 is 0.905 bits per heavy atom. The van der Waals surface area contributed by atoms with Crippen LogP contribution in [0, 0.1) is 0 Å². The van der Waals surface area contributed by atoms with E-state index >= 15 is 0 Å². The van der Waals surface area contributed by atoms with E-state index < -0.39 is 9.84 Å². The van der Waals surface area contributed by atoms with Crippen molar-refractivity contribution in [3.05, 3.63) is 101 Å². The number of fused-ring (bicyclic) bond motifs is 1. The van der Waals surface area contributed by atoms with Gasteiger partial charge in [-0.1, -0.05) is 35.9 Å². The predicted molar refractivity (Wildman–Crippen MR) is 168 cm³/mol. The highest BCUT2D eigenvalue weighted by Gasteiger charge is 2.22. The molecule has 3 heterocycles. The third kappa shape index (κ3) is 5.70. The lowest BCUT2D eigenvalue weighted by atomic mass is 9.98. The van der Waals surface area contributed by atoms with Crippen molar-refractivity contribution in [3.63, 3.8) is 0 Å². The summed E-state index contributed by atoms with van der Waals surface area (Å²) in [5.41, 5.74) is 6.02. The zero-order valence-corrected chi connectivity index (χ0v) is 25.9. The molecular formula is C32H30ClN3O4S2. The lowest BCUT2D eigenvalue weighted by Gasteiger charge is -2.28. The molecule has 0 aliphatic carbocycles. The molecule has 2 aromatic heterocycles. The molecule has 0 spiro atoms. The van der Waals surface area contributed by atoms with Crippen molar-refractivity contribution < 1.29 is 17.9 Å². The van der Waals surface area contributed by atoms with Crippen LogP contribution in [0.25, 0.3) is 26.7 Å². The highest BCUT2D eigenvalue weighted by atomic mass is 35.5. The Labute approximate surface area is 254 Å². The summed E-state index contributed by atoms with van der Waals surface area (Å²) in [7, 11) is 0.0158. The van der Waals surface area contributed by atoms with Crippen LogP contribution < -0.4 is 9.47 Å². The Morgan fingerprint density at radius 3 is 2.38 bits per heavy atom. The first-order valence-corrected chi connectivity index (χ1v) is 16.5. The van der Waals surface area contributed by atoms with Crippen LogP contribution in [0.1, 0.15) is 16.8 Å². The lowest BCUT2D eigenvalue weighted by Crippen LogP contribution is -2.30. The SMILES string of the molecule is COc1cc2c(cc1OC)CN(Cc1cc(-c3ccc(-c4cccc(S(C)(=O)=O)c4)s3)n(-c3ccccc3Cl)n1)CC2. The third-order valence-electron chi connectivity index (χ3n) is 7.43. The van der Waals surface area contributed by atoms with Crippen LogP contribution >= 0.6 is 22.9 Å². The van der Waals surface area contributed by atoms with Crippen LogP contribution in [-0.2, 0) is 29.3 Å². The molecule has 0 atom stereocenters. The average Bonchev–Trinajstić information content (AvgIpc) is 3.64. The number of benzene rings is 3. The normalized spacial score (nSPS) is 13.6. The molecule has 0 fully saturated rings. The van der Waals surface area contributed by atoms with Crippen LogP contribution in [-0.4, -0.2) is 50.1 Å². The van der Waals surface area contributed by atoms with Crippen LogP contribution in [0.2, 0.25) is 5.02 Å². The Balaban J connectivity index is 1.34. The predicted octanol–water partition coefficient (Wildman–Crippen LogP) is 6.90. The standard InChI is InChI=1S/C32H30ClN3O4S2/c1-39-29-16-21-13-14-35(19-23(21)17-30(29)40-2)20-24-18-28(36(34-24)27-10-5-4-9-26(27)33)32-12-11-31(41-32)22-7-6-8-25(15-22)42(3,37)38/h4-12,15-18H,13-14,19-20H2,1-3H3. The maximum Gasteiger partial charge on any atom is 0.175 e. The summed E-state index contributed by atoms with van der Waals surface area (Å²) in [5.74, 6) is 1.49. The number of rotatable bonds is 8. The molecule has 6 rings (SSSR count). The number of aromatic nitrogens is 2. The molecule has 3 aromatic carbocycles. The van der Waals surface area contributed by atoms with Gasteiger partial charge < -0.3 is 9.47 Å². The quantitative estimate of drug-likeness (QED) is 0.188. The van der Waals surface area contributed by atoms with Crippen molar-refractivity contribution >= 4 is 32.8 Å². The number of para-hydroxylation sites is 1. The first-order valence-electron chi connectivity index (χ1n) is 13.4. The summed E-state index contributed by atoms with van der Waals surface area (Å²) in [5, 5.41) is 5.64. The Morgan fingerprint density at radius 2 is 1.64 bits per heavy atom. The molecule has 0 saturated heterocycles. The molecule has 7 nitrogen and oxygen atoms in total. The van der Waals surface area contributed by atoms with Gasteiger partial charge >= 0.3 is 0 Å². The van der Waals surface area contributed by atoms with Crippen molar-refractivity contribution in [2.24, 2.45) is 0 Å². The molecule has 0 radical (unpaired) electrons. The number of hydrogen-bond donors (Lipinski definition) is 0. The molecule has 0 N–H and O–H groups in total. The summed E-state index contributed by atoms with van der Waals surface area (Å²) in [4.78, 5) is 4.67. The van der Waals surface area contributed by atoms with Crippen LogP contribution in [0.4, 0.5) is 0 Å². The second-order valence-electron chi connectivity index (χ2n) is 10.3. The van der Waals surface area contributed by atoms with Crippen molar-refractivity contribution in [1.29, 1.82) is 0 Å². The van der Waals surface area contributed by atoms with Gasteiger partial charge in [-0.15, -0.1) is 11.3 Å². The maximum atomic E-state index is 12.1. The zero-order chi connectivity index (χ0) is 29.4. The van der Waals surface area contributed by atoms with Gasteiger partial charge in [0.25, 0.3) is 0 Å². The number of halogens is 1. The Hall–Kier alpha value is -3.63. The largest absolute Gasteiger partial charge is 0.493 e.